The number of thiazole rings is 2. The van der Waals surface area contributed by atoms with Crippen LogP contribution in [0.5, 0.6) is 0 Å². The highest BCUT2D eigenvalue weighted by Crippen LogP contribution is 2.21. The number of hydrogen-bond acceptors (Lipinski definition) is 6. The van der Waals surface area contributed by atoms with Crippen LogP contribution < -0.4 is 11.5 Å². The first-order chi connectivity index (χ1) is 13.5. The lowest BCUT2D eigenvalue weighted by Gasteiger charge is -1.98. The molecule has 0 atom stereocenters. The van der Waals surface area contributed by atoms with E-state index in [-0.39, 0.29) is 0 Å². The lowest BCUT2D eigenvalue weighted by atomic mass is 10.1. The molecule has 0 aliphatic carbocycles. The number of hydrogen-bond donors (Lipinski definition) is 2. The van der Waals surface area contributed by atoms with E-state index in [0.717, 1.165) is 32.6 Å². The van der Waals surface area contributed by atoms with E-state index in [2.05, 4.69) is 9.97 Å². The Morgan fingerprint density at radius 1 is 0.714 bits per heavy atom. The number of aromatic nitrogens is 2. The van der Waals surface area contributed by atoms with Crippen LogP contribution in [0.3, 0.4) is 0 Å². The number of nitrogen functional groups attached to an aromatic ring is 2. The number of nitrogens with two attached hydrogens (primary N) is 2. The van der Waals surface area contributed by atoms with Crippen molar-refractivity contribution in [2.45, 2.75) is 12.8 Å². The Labute approximate surface area is 181 Å². The molecule has 4 N–H and O–H groups in total. The van der Waals surface area contributed by atoms with Gasteiger partial charge in [0.1, 0.15) is 0 Å². The fourth-order valence-corrected chi connectivity index (χ4v) is 4.37. The maximum Gasteiger partial charge on any atom is 0.180 e. The van der Waals surface area contributed by atoms with Gasteiger partial charge < -0.3 is 11.5 Å². The summed E-state index contributed by atoms with van der Waals surface area (Å²) < 4.78 is 0. The second kappa shape index (κ2) is 9.89. The van der Waals surface area contributed by atoms with Gasteiger partial charge in [-0.1, -0.05) is 47.5 Å². The molecule has 0 aliphatic rings. The lowest BCUT2D eigenvalue weighted by Crippen LogP contribution is -1.83. The summed E-state index contributed by atoms with van der Waals surface area (Å²) in [6.45, 7) is 0. The van der Waals surface area contributed by atoms with Crippen LogP contribution in [0.25, 0.3) is 0 Å². The summed E-state index contributed by atoms with van der Waals surface area (Å²) >= 11 is 14.8. The molecule has 0 radical (unpaired) electrons. The van der Waals surface area contributed by atoms with Crippen LogP contribution in [-0.4, -0.2) is 9.97 Å². The Morgan fingerprint density at radius 3 is 1.46 bits per heavy atom. The Kier molecular flexibility index (Phi) is 7.28. The van der Waals surface area contributed by atoms with Gasteiger partial charge in [-0.15, -0.1) is 22.7 Å². The second-order valence-corrected chi connectivity index (χ2v) is 9.11. The summed E-state index contributed by atoms with van der Waals surface area (Å²) in [5.41, 5.74) is 13.5. The minimum absolute atomic E-state index is 0.613. The van der Waals surface area contributed by atoms with E-state index >= 15 is 0 Å². The molecular formula is C20H18Cl2N4S2. The van der Waals surface area contributed by atoms with E-state index < -0.39 is 0 Å². The molecule has 4 aromatic rings. The van der Waals surface area contributed by atoms with Crippen molar-refractivity contribution in [1.29, 1.82) is 0 Å². The third kappa shape index (κ3) is 6.49. The van der Waals surface area contributed by atoms with E-state index in [4.69, 9.17) is 34.7 Å². The van der Waals surface area contributed by atoms with Gasteiger partial charge in [-0.25, -0.2) is 9.97 Å². The van der Waals surface area contributed by atoms with Crippen molar-refractivity contribution in [3.05, 3.63) is 91.9 Å². The van der Waals surface area contributed by atoms with Crippen LogP contribution in [0.2, 0.25) is 10.0 Å². The van der Waals surface area contributed by atoms with Crippen molar-refractivity contribution < 1.29 is 0 Å². The molecule has 0 bridgehead atoms. The SMILES string of the molecule is Nc1ncc(Cc2cccc(Cl)c2)s1.Nc1ncc(Cc2cccc(Cl)c2)s1. The molecule has 0 spiro atoms. The molecule has 28 heavy (non-hydrogen) atoms. The molecule has 0 aliphatic heterocycles. The van der Waals surface area contributed by atoms with Gasteiger partial charge in [-0.05, 0) is 35.4 Å². The van der Waals surface area contributed by atoms with E-state index in [1.54, 1.807) is 12.4 Å². The standard InChI is InChI=1S/2C10H9ClN2S/c2*11-8-3-1-2-7(4-8)5-9-6-13-10(12)14-9/h2*1-4,6H,5H2,(H2,12,13). The molecule has 0 unspecified atom stereocenters. The third-order valence-electron chi connectivity index (χ3n) is 3.68. The van der Waals surface area contributed by atoms with Crippen LogP contribution in [-0.2, 0) is 12.8 Å². The van der Waals surface area contributed by atoms with Gasteiger partial charge in [-0.2, -0.15) is 0 Å². The van der Waals surface area contributed by atoms with Crippen molar-refractivity contribution in [1.82, 2.24) is 9.97 Å². The number of rotatable bonds is 4. The van der Waals surface area contributed by atoms with E-state index in [1.807, 2.05) is 48.5 Å². The molecule has 144 valence electrons. The quantitative estimate of drug-likeness (QED) is 0.404. The Hall–Kier alpha value is -2.12. The van der Waals surface area contributed by atoms with Gasteiger partial charge in [0.05, 0.1) is 0 Å². The molecule has 4 nitrogen and oxygen atoms in total. The van der Waals surface area contributed by atoms with Crippen LogP contribution >= 0.6 is 45.9 Å². The molecule has 4 rings (SSSR count). The first-order valence-electron chi connectivity index (χ1n) is 8.37. The summed E-state index contributed by atoms with van der Waals surface area (Å²) in [7, 11) is 0. The van der Waals surface area contributed by atoms with Crippen LogP contribution in [0.15, 0.2) is 60.9 Å². The first-order valence-corrected chi connectivity index (χ1v) is 10.8. The van der Waals surface area contributed by atoms with Gasteiger partial charge in [0, 0.05) is 45.0 Å². The van der Waals surface area contributed by atoms with Crippen molar-refractivity contribution >= 4 is 56.1 Å². The molecular weight excluding hydrogens is 431 g/mol. The highest BCUT2D eigenvalue weighted by atomic mass is 35.5. The topological polar surface area (TPSA) is 77.8 Å². The van der Waals surface area contributed by atoms with Crippen molar-refractivity contribution in [3.63, 3.8) is 0 Å². The molecule has 0 saturated heterocycles. The first kappa shape index (κ1) is 20.6. The fourth-order valence-electron chi connectivity index (χ4n) is 2.50. The average molecular weight is 449 g/mol. The number of benzene rings is 2. The van der Waals surface area contributed by atoms with Gasteiger partial charge >= 0.3 is 0 Å². The molecule has 8 heteroatoms. The zero-order chi connectivity index (χ0) is 19.9. The minimum atomic E-state index is 0.613. The smallest absolute Gasteiger partial charge is 0.180 e. The van der Waals surface area contributed by atoms with Gasteiger partial charge in [0.15, 0.2) is 10.3 Å². The number of nitrogens with zero attached hydrogens (tertiary/aromatic N) is 2. The summed E-state index contributed by atoms with van der Waals surface area (Å²) in [6.07, 6.45) is 5.30. The van der Waals surface area contributed by atoms with E-state index in [1.165, 1.54) is 33.8 Å². The highest BCUT2D eigenvalue weighted by molar-refractivity contribution is 7.15. The normalized spacial score (nSPS) is 10.4. The van der Waals surface area contributed by atoms with Crippen LogP contribution in [0.1, 0.15) is 20.9 Å². The highest BCUT2D eigenvalue weighted by Gasteiger charge is 2.01. The molecule has 0 fully saturated rings. The molecule has 0 amide bonds. The Balaban J connectivity index is 0.000000161. The molecule has 2 heterocycles. The van der Waals surface area contributed by atoms with Gasteiger partial charge in [-0.3, -0.25) is 0 Å². The van der Waals surface area contributed by atoms with Gasteiger partial charge in [0.2, 0.25) is 0 Å². The number of anilines is 2. The molecule has 2 aromatic heterocycles. The summed E-state index contributed by atoms with van der Waals surface area (Å²) in [5, 5.41) is 2.75. The molecule has 2 aromatic carbocycles. The lowest BCUT2D eigenvalue weighted by molar-refractivity contribution is 1.22. The van der Waals surface area contributed by atoms with Crippen LogP contribution in [0.4, 0.5) is 10.3 Å². The predicted molar refractivity (Wildman–Crippen MR) is 122 cm³/mol. The Bertz CT molecular complexity index is 962. The number of halogens is 2. The predicted octanol–water partition coefficient (Wildman–Crippen LogP) is 5.94. The minimum Gasteiger partial charge on any atom is -0.375 e. The zero-order valence-corrected chi connectivity index (χ0v) is 18.0. The summed E-state index contributed by atoms with van der Waals surface area (Å²) in [5.74, 6) is 0. The summed E-state index contributed by atoms with van der Waals surface area (Å²) in [4.78, 5) is 10.3. The maximum absolute atomic E-state index is 5.88. The van der Waals surface area contributed by atoms with E-state index in [0.29, 0.717) is 10.3 Å². The van der Waals surface area contributed by atoms with Crippen LogP contribution in [0, 0.1) is 0 Å². The zero-order valence-electron chi connectivity index (χ0n) is 14.8. The fraction of sp³-hybridized carbons (Fsp3) is 0.100. The largest absolute Gasteiger partial charge is 0.375 e. The maximum atomic E-state index is 5.88. The van der Waals surface area contributed by atoms with E-state index in [9.17, 15) is 0 Å². The molecule has 0 saturated carbocycles. The summed E-state index contributed by atoms with van der Waals surface area (Å²) in [6, 6.07) is 15.6. The average Bonchev–Trinajstić information content (AvgIpc) is 3.23. The monoisotopic (exact) mass is 448 g/mol. The van der Waals surface area contributed by atoms with Crippen molar-refractivity contribution in [2.24, 2.45) is 0 Å². The van der Waals surface area contributed by atoms with Crippen molar-refractivity contribution in [2.75, 3.05) is 11.5 Å². The third-order valence-corrected chi connectivity index (χ3v) is 5.80. The van der Waals surface area contributed by atoms with Crippen molar-refractivity contribution in [3.8, 4) is 0 Å². The second-order valence-electron chi connectivity index (χ2n) is 5.94. The Morgan fingerprint density at radius 2 is 1.14 bits per heavy atom. The van der Waals surface area contributed by atoms with Gasteiger partial charge in [0.25, 0.3) is 0 Å².